The molecule has 2 aromatic carbocycles. The summed E-state index contributed by atoms with van der Waals surface area (Å²) < 4.78 is 20.4. The van der Waals surface area contributed by atoms with Crippen LogP contribution in [-0.4, -0.2) is 35.4 Å². The predicted molar refractivity (Wildman–Crippen MR) is 119 cm³/mol. The molecule has 0 saturated carbocycles. The quantitative estimate of drug-likeness (QED) is 0.531. The highest BCUT2D eigenvalue weighted by Gasteiger charge is 2.28. The fourth-order valence-electron chi connectivity index (χ4n) is 2.67. The molecule has 1 N–H and O–H groups in total. The minimum atomic E-state index is -0.802. The summed E-state index contributed by atoms with van der Waals surface area (Å²) >= 11 is 9.26. The van der Waals surface area contributed by atoms with Gasteiger partial charge in [-0.2, -0.15) is 0 Å². The van der Waals surface area contributed by atoms with Gasteiger partial charge in [-0.1, -0.05) is 36.7 Å². The van der Waals surface area contributed by atoms with Crippen molar-refractivity contribution in [3.05, 3.63) is 63.3 Å². The molecule has 0 unspecified atom stereocenters. The number of carbonyl (C=O) groups excluding carboxylic acids is 2. The highest BCUT2D eigenvalue weighted by atomic mass is 79.9. The van der Waals surface area contributed by atoms with Gasteiger partial charge in [-0.25, -0.2) is 4.39 Å². The number of amides is 2. The Morgan fingerprint density at radius 2 is 1.93 bits per heavy atom. The van der Waals surface area contributed by atoms with Gasteiger partial charge in [-0.3, -0.25) is 9.59 Å². The topological polar surface area (TPSA) is 58.6 Å². The van der Waals surface area contributed by atoms with Crippen LogP contribution in [0.5, 0.6) is 5.75 Å². The van der Waals surface area contributed by atoms with Crippen molar-refractivity contribution in [2.45, 2.75) is 45.8 Å². The lowest BCUT2D eigenvalue weighted by Crippen LogP contribution is -2.50. The second kappa shape index (κ2) is 11.3. The van der Waals surface area contributed by atoms with Gasteiger partial charge in [0, 0.05) is 23.2 Å². The average molecular weight is 500 g/mol. The highest BCUT2D eigenvalue weighted by molar-refractivity contribution is 9.10. The second-order valence-electron chi connectivity index (χ2n) is 6.97. The summed E-state index contributed by atoms with van der Waals surface area (Å²) in [4.78, 5) is 26.9. The number of carbonyl (C=O) groups is 2. The number of rotatable bonds is 9. The molecule has 5 nitrogen and oxygen atoms in total. The first kappa shape index (κ1) is 24.2. The summed E-state index contributed by atoms with van der Waals surface area (Å²) in [7, 11) is 0. The van der Waals surface area contributed by atoms with Crippen molar-refractivity contribution in [2.75, 3.05) is 6.61 Å². The molecule has 2 rings (SSSR count). The van der Waals surface area contributed by atoms with Crippen LogP contribution in [0.4, 0.5) is 4.39 Å². The summed E-state index contributed by atoms with van der Waals surface area (Å²) in [6, 6.07) is 10.3. The average Bonchev–Trinajstić information content (AvgIpc) is 2.71. The second-order valence-corrected chi connectivity index (χ2v) is 8.26. The van der Waals surface area contributed by atoms with Crippen LogP contribution in [0.1, 0.15) is 32.8 Å². The van der Waals surface area contributed by atoms with E-state index in [9.17, 15) is 14.0 Å². The van der Waals surface area contributed by atoms with Crippen LogP contribution in [0.3, 0.4) is 0 Å². The van der Waals surface area contributed by atoms with Crippen molar-refractivity contribution >= 4 is 39.3 Å². The lowest BCUT2D eigenvalue weighted by Gasteiger charge is -2.29. The summed E-state index contributed by atoms with van der Waals surface area (Å²) in [6.07, 6.45) is 0.757. The van der Waals surface area contributed by atoms with Crippen molar-refractivity contribution in [1.82, 2.24) is 10.2 Å². The fourth-order valence-corrected chi connectivity index (χ4v) is 3.47. The Morgan fingerprint density at radius 3 is 2.57 bits per heavy atom. The first-order chi connectivity index (χ1) is 14.2. The molecule has 30 heavy (non-hydrogen) atoms. The third-order valence-electron chi connectivity index (χ3n) is 4.71. The van der Waals surface area contributed by atoms with E-state index < -0.39 is 17.8 Å². The maximum atomic E-state index is 14.2. The van der Waals surface area contributed by atoms with Gasteiger partial charge in [0.2, 0.25) is 5.91 Å². The van der Waals surface area contributed by atoms with Crippen LogP contribution in [0.2, 0.25) is 5.02 Å². The van der Waals surface area contributed by atoms with Crippen molar-refractivity contribution < 1.29 is 18.7 Å². The lowest BCUT2D eigenvalue weighted by molar-refractivity contribution is -0.142. The van der Waals surface area contributed by atoms with Gasteiger partial charge in [0.25, 0.3) is 5.91 Å². The molecule has 0 aliphatic rings. The third kappa shape index (κ3) is 6.71. The van der Waals surface area contributed by atoms with E-state index in [1.165, 1.54) is 11.0 Å². The number of ether oxygens (including phenoxy) is 1. The van der Waals surface area contributed by atoms with Gasteiger partial charge in [0.1, 0.15) is 17.6 Å². The molecule has 0 spiro atoms. The van der Waals surface area contributed by atoms with E-state index in [2.05, 4.69) is 21.2 Å². The lowest BCUT2D eigenvalue weighted by atomic mass is 10.1. The molecule has 2 amide bonds. The molecule has 0 aliphatic heterocycles. The van der Waals surface area contributed by atoms with E-state index in [0.717, 1.165) is 6.42 Å². The van der Waals surface area contributed by atoms with E-state index in [0.29, 0.717) is 20.8 Å². The predicted octanol–water partition coefficient (Wildman–Crippen LogP) is 4.95. The van der Waals surface area contributed by atoms with Crippen molar-refractivity contribution in [1.29, 1.82) is 0 Å². The molecular weight excluding hydrogens is 475 g/mol. The summed E-state index contributed by atoms with van der Waals surface area (Å²) in [6.45, 7) is 5.10. The SMILES string of the molecule is CC[C@H](C)NC(=O)[C@H](C)N(Cc1ccccc1F)C(=O)COc1ccc(Cl)cc1Br. The zero-order valence-corrected chi connectivity index (χ0v) is 19.5. The molecule has 2 atom stereocenters. The summed E-state index contributed by atoms with van der Waals surface area (Å²) in [5, 5.41) is 3.39. The Morgan fingerprint density at radius 1 is 1.23 bits per heavy atom. The number of benzene rings is 2. The maximum absolute atomic E-state index is 14.2. The number of nitrogens with zero attached hydrogens (tertiary/aromatic N) is 1. The van der Waals surface area contributed by atoms with Crippen LogP contribution in [0, 0.1) is 5.82 Å². The molecule has 0 radical (unpaired) electrons. The smallest absolute Gasteiger partial charge is 0.261 e. The van der Waals surface area contributed by atoms with Gasteiger partial charge in [0.15, 0.2) is 6.61 Å². The van der Waals surface area contributed by atoms with Gasteiger partial charge >= 0.3 is 0 Å². The largest absolute Gasteiger partial charge is 0.483 e. The molecule has 0 saturated heterocycles. The van der Waals surface area contributed by atoms with Crippen LogP contribution in [-0.2, 0) is 16.1 Å². The molecule has 8 heteroatoms. The zero-order valence-electron chi connectivity index (χ0n) is 17.1. The van der Waals surface area contributed by atoms with Crippen LogP contribution in [0.25, 0.3) is 0 Å². The minimum Gasteiger partial charge on any atom is -0.483 e. The van der Waals surface area contributed by atoms with Gasteiger partial charge in [0.05, 0.1) is 4.47 Å². The Balaban J connectivity index is 2.19. The van der Waals surface area contributed by atoms with Gasteiger partial charge < -0.3 is 15.0 Å². The molecule has 0 aliphatic carbocycles. The Bertz CT molecular complexity index is 896. The standard InChI is InChI=1S/C22H25BrClFN2O3/c1-4-14(2)26-22(29)15(3)27(12-16-7-5-6-8-19(16)25)21(28)13-30-20-10-9-17(24)11-18(20)23/h5-11,14-15H,4,12-13H2,1-3H3,(H,26,29)/t14-,15-/m0/s1. The van der Waals surface area contributed by atoms with E-state index in [1.54, 1.807) is 43.3 Å². The zero-order chi connectivity index (χ0) is 22.3. The van der Waals surface area contributed by atoms with E-state index in [-0.39, 0.29) is 25.1 Å². The molecule has 162 valence electrons. The minimum absolute atomic E-state index is 0.0355. The monoisotopic (exact) mass is 498 g/mol. The molecular formula is C22H25BrClFN2O3. The van der Waals surface area contributed by atoms with Gasteiger partial charge in [-0.05, 0) is 60.5 Å². The van der Waals surface area contributed by atoms with Crippen LogP contribution in [0.15, 0.2) is 46.9 Å². The Kier molecular flexibility index (Phi) is 9.11. The molecule has 2 aromatic rings. The Labute approximate surface area is 189 Å². The van der Waals surface area contributed by atoms with E-state index in [4.69, 9.17) is 16.3 Å². The highest BCUT2D eigenvalue weighted by Crippen LogP contribution is 2.28. The molecule has 0 fully saturated rings. The first-order valence-corrected chi connectivity index (χ1v) is 10.8. The number of nitrogens with one attached hydrogen (secondary N) is 1. The summed E-state index contributed by atoms with van der Waals surface area (Å²) in [5.74, 6) is -0.741. The van der Waals surface area contributed by atoms with Gasteiger partial charge in [-0.15, -0.1) is 0 Å². The normalized spacial score (nSPS) is 12.7. The molecule has 0 aromatic heterocycles. The van der Waals surface area contributed by atoms with Crippen LogP contribution >= 0.6 is 27.5 Å². The number of hydrogen-bond donors (Lipinski definition) is 1. The number of hydrogen-bond acceptors (Lipinski definition) is 3. The van der Waals surface area contributed by atoms with E-state index in [1.807, 2.05) is 13.8 Å². The van der Waals surface area contributed by atoms with Crippen molar-refractivity contribution in [2.24, 2.45) is 0 Å². The molecule has 0 heterocycles. The fraction of sp³-hybridized carbons (Fsp3) is 0.364. The third-order valence-corrected chi connectivity index (χ3v) is 5.57. The molecule has 0 bridgehead atoms. The number of halogens is 3. The van der Waals surface area contributed by atoms with Crippen molar-refractivity contribution in [3.63, 3.8) is 0 Å². The maximum Gasteiger partial charge on any atom is 0.261 e. The van der Waals surface area contributed by atoms with Crippen molar-refractivity contribution in [3.8, 4) is 5.75 Å². The summed E-state index contributed by atoms with van der Waals surface area (Å²) in [5.41, 5.74) is 0.321. The van der Waals surface area contributed by atoms with Crippen LogP contribution < -0.4 is 10.1 Å². The Hall–Kier alpha value is -2.12. The first-order valence-electron chi connectivity index (χ1n) is 9.64. The van der Waals surface area contributed by atoms with E-state index >= 15 is 0 Å².